The molecule has 0 spiro atoms. The van der Waals surface area contributed by atoms with Gasteiger partial charge in [-0.2, -0.15) is 0 Å². The smallest absolute Gasteiger partial charge is 0.0427 e. The maximum atomic E-state index is 4.40. The van der Waals surface area contributed by atoms with Gasteiger partial charge >= 0.3 is 0 Å². The number of aryl methyl sites for hydroxylation is 2. The molecule has 0 atom stereocenters. The summed E-state index contributed by atoms with van der Waals surface area (Å²) in [5.74, 6) is 0. The number of pyridine rings is 1. The molecule has 88 valence electrons. The number of hydrogen-bond donors (Lipinski definition) is 0. The molecule has 0 aliphatic rings. The highest BCUT2D eigenvalue weighted by atomic mass is 15.1. The molecule has 2 nitrogen and oxygen atoms in total. The van der Waals surface area contributed by atoms with Gasteiger partial charge in [-0.1, -0.05) is 18.2 Å². The third kappa shape index (κ3) is 3.06. The van der Waals surface area contributed by atoms with Gasteiger partial charge in [-0.25, -0.2) is 0 Å². The Hall–Kier alpha value is -1.83. The average Bonchev–Trinajstić information content (AvgIpc) is 2.28. The molecule has 0 fully saturated rings. The van der Waals surface area contributed by atoms with Crippen LogP contribution >= 0.6 is 0 Å². The molecule has 2 aromatic rings. The second-order valence-corrected chi connectivity index (χ2v) is 4.45. The number of para-hydroxylation sites is 1. The first-order valence-corrected chi connectivity index (χ1v) is 5.85. The lowest BCUT2D eigenvalue weighted by Gasteiger charge is -2.19. The zero-order chi connectivity index (χ0) is 12.3. The summed E-state index contributed by atoms with van der Waals surface area (Å²) in [6.45, 7) is 4.99. The maximum absolute atomic E-state index is 4.40. The Labute approximate surface area is 103 Å². The standard InChI is InChI=1S/C15H18N2/c1-12-9-14(10-13(2)16-12)11-17(3)15-7-5-4-6-8-15/h4-10H,11H2,1-3H3. The summed E-state index contributed by atoms with van der Waals surface area (Å²) >= 11 is 0. The second-order valence-electron chi connectivity index (χ2n) is 4.45. The maximum Gasteiger partial charge on any atom is 0.0427 e. The summed E-state index contributed by atoms with van der Waals surface area (Å²) in [5.41, 5.74) is 4.71. The van der Waals surface area contributed by atoms with Gasteiger partial charge in [0, 0.05) is 30.7 Å². The topological polar surface area (TPSA) is 16.1 Å². The molecule has 1 aromatic carbocycles. The first-order chi connectivity index (χ1) is 8.15. The van der Waals surface area contributed by atoms with Gasteiger partial charge in [0.1, 0.15) is 0 Å². The number of anilines is 1. The minimum absolute atomic E-state index is 0.911. The number of benzene rings is 1. The summed E-state index contributed by atoms with van der Waals surface area (Å²) < 4.78 is 0. The van der Waals surface area contributed by atoms with Gasteiger partial charge in [0.25, 0.3) is 0 Å². The molecule has 17 heavy (non-hydrogen) atoms. The van der Waals surface area contributed by atoms with Crippen LogP contribution in [0, 0.1) is 13.8 Å². The van der Waals surface area contributed by atoms with Gasteiger partial charge in [-0.3, -0.25) is 4.98 Å². The van der Waals surface area contributed by atoms with Crippen molar-refractivity contribution in [2.75, 3.05) is 11.9 Å². The van der Waals surface area contributed by atoms with Crippen LogP contribution in [0.5, 0.6) is 0 Å². The molecule has 0 bridgehead atoms. The largest absolute Gasteiger partial charge is 0.370 e. The second kappa shape index (κ2) is 5.00. The Bertz CT molecular complexity index is 471. The molecule has 0 N–H and O–H groups in total. The van der Waals surface area contributed by atoms with E-state index in [1.165, 1.54) is 11.3 Å². The summed E-state index contributed by atoms with van der Waals surface area (Å²) in [5, 5.41) is 0. The van der Waals surface area contributed by atoms with Crippen LogP contribution in [0.2, 0.25) is 0 Å². The molecule has 1 heterocycles. The molecule has 0 amide bonds. The third-order valence-corrected chi connectivity index (χ3v) is 2.76. The van der Waals surface area contributed by atoms with Gasteiger partial charge in [0.2, 0.25) is 0 Å². The van der Waals surface area contributed by atoms with Crippen LogP contribution in [0.4, 0.5) is 5.69 Å². The SMILES string of the molecule is Cc1cc(CN(C)c2ccccc2)cc(C)n1. The Balaban J connectivity index is 2.16. The van der Waals surface area contributed by atoms with Crippen molar-refractivity contribution in [2.24, 2.45) is 0 Å². The number of rotatable bonds is 3. The van der Waals surface area contributed by atoms with E-state index in [1.807, 2.05) is 19.9 Å². The van der Waals surface area contributed by atoms with Crippen molar-refractivity contribution in [3.8, 4) is 0 Å². The van der Waals surface area contributed by atoms with Crippen molar-refractivity contribution in [2.45, 2.75) is 20.4 Å². The lowest BCUT2D eigenvalue weighted by Crippen LogP contribution is -2.16. The Morgan fingerprint density at radius 1 is 1.00 bits per heavy atom. The first kappa shape index (κ1) is 11.6. The van der Waals surface area contributed by atoms with E-state index in [0.717, 1.165) is 17.9 Å². The van der Waals surface area contributed by atoms with Gasteiger partial charge in [-0.15, -0.1) is 0 Å². The number of hydrogen-bond acceptors (Lipinski definition) is 2. The zero-order valence-electron chi connectivity index (χ0n) is 10.6. The highest BCUT2D eigenvalue weighted by molar-refractivity contribution is 5.45. The molecular formula is C15H18N2. The average molecular weight is 226 g/mol. The highest BCUT2D eigenvalue weighted by Gasteiger charge is 2.02. The van der Waals surface area contributed by atoms with Crippen LogP contribution < -0.4 is 4.90 Å². The zero-order valence-corrected chi connectivity index (χ0v) is 10.6. The van der Waals surface area contributed by atoms with E-state index in [0.29, 0.717) is 0 Å². The van der Waals surface area contributed by atoms with E-state index in [-0.39, 0.29) is 0 Å². The fourth-order valence-electron chi connectivity index (χ4n) is 2.06. The normalized spacial score (nSPS) is 10.3. The predicted molar refractivity (Wildman–Crippen MR) is 72.3 cm³/mol. The third-order valence-electron chi connectivity index (χ3n) is 2.76. The Kier molecular flexibility index (Phi) is 3.43. The summed E-state index contributed by atoms with van der Waals surface area (Å²) in [6.07, 6.45) is 0. The van der Waals surface area contributed by atoms with Crippen LogP contribution in [-0.4, -0.2) is 12.0 Å². The first-order valence-electron chi connectivity index (χ1n) is 5.85. The van der Waals surface area contributed by atoms with Gasteiger partial charge in [0.15, 0.2) is 0 Å². The van der Waals surface area contributed by atoms with Crippen molar-refractivity contribution in [1.82, 2.24) is 4.98 Å². The Morgan fingerprint density at radius 2 is 1.59 bits per heavy atom. The van der Waals surface area contributed by atoms with Crippen LogP contribution in [-0.2, 0) is 6.54 Å². The van der Waals surface area contributed by atoms with E-state index < -0.39 is 0 Å². The molecule has 2 rings (SSSR count). The minimum Gasteiger partial charge on any atom is -0.370 e. The van der Waals surface area contributed by atoms with Gasteiger partial charge in [-0.05, 0) is 43.7 Å². The van der Waals surface area contributed by atoms with Crippen molar-refractivity contribution < 1.29 is 0 Å². The minimum atomic E-state index is 0.911. The molecular weight excluding hydrogens is 208 g/mol. The fraction of sp³-hybridized carbons (Fsp3) is 0.267. The molecule has 0 aliphatic heterocycles. The molecule has 0 saturated heterocycles. The molecule has 2 heteroatoms. The van der Waals surface area contributed by atoms with Crippen molar-refractivity contribution in [1.29, 1.82) is 0 Å². The molecule has 0 aliphatic carbocycles. The quantitative estimate of drug-likeness (QED) is 0.798. The highest BCUT2D eigenvalue weighted by Crippen LogP contribution is 2.15. The Morgan fingerprint density at radius 3 is 2.18 bits per heavy atom. The molecule has 0 radical (unpaired) electrons. The van der Waals surface area contributed by atoms with Crippen molar-refractivity contribution >= 4 is 5.69 Å². The van der Waals surface area contributed by atoms with E-state index in [1.54, 1.807) is 0 Å². The van der Waals surface area contributed by atoms with Crippen LogP contribution in [0.15, 0.2) is 42.5 Å². The van der Waals surface area contributed by atoms with Crippen molar-refractivity contribution in [3.05, 3.63) is 59.4 Å². The van der Waals surface area contributed by atoms with E-state index >= 15 is 0 Å². The summed E-state index contributed by atoms with van der Waals surface area (Å²) in [7, 11) is 2.11. The molecule has 1 aromatic heterocycles. The van der Waals surface area contributed by atoms with Crippen LogP contribution in [0.3, 0.4) is 0 Å². The lowest BCUT2D eigenvalue weighted by molar-refractivity contribution is 0.911. The fourth-order valence-corrected chi connectivity index (χ4v) is 2.06. The molecule has 0 saturated carbocycles. The molecule has 0 unspecified atom stereocenters. The lowest BCUT2D eigenvalue weighted by atomic mass is 10.2. The monoisotopic (exact) mass is 226 g/mol. The van der Waals surface area contributed by atoms with Crippen molar-refractivity contribution in [3.63, 3.8) is 0 Å². The van der Waals surface area contributed by atoms with E-state index in [4.69, 9.17) is 0 Å². The predicted octanol–water partition coefficient (Wildman–Crippen LogP) is 3.33. The van der Waals surface area contributed by atoms with Gasteiger partial charge in [0.05, 0.1) is 0 Å². The van der Waals surface area contributed by atoms with Crippen LogP contribution in [0.25, 0.3) is 0 Å². The summed E-state index contributed by atoms with van der Waals surface area (Å²) in [4.78, 5) is 6.64. The van der Waals surface area contributed by atoms with E-state index in [9.17, 15) is 0 Å². The number of nitrogens with zero attached hydrogens (tertiary/aromatic N) is 2. The van der Waals surface area contributed by atoms with E-state index in [2.05, 4.69) is 53.3 Å². The van der Waals surface area contributed by atoms with Gasteiger partial charge < -0.3 is 4.90 Å². The number of aromatic nitrogens is 1. The summed E-state index contributed by atoms with van der Waals surface area (Å²) in [6, 6.07) is 14.7. The van der Waals surface area contributed by atoms with Crippen LogP contribution in [0.1, 0.15) is 17.0 Å².